The molecule has 1 heterocycles. The lowest BCUT2D eigenvalue weighted by molar-refractivity contribution is -0.385. The number of benzene rings is 2. The number of anilines is 2. The predicted octanol–water partition coefficient (Wildman–Crippen LogP) is 3.65. The first-order valence-corrected chi connectivity index (χ1v) is 9.55. The van der Waals surface area contributed by atoms with Gasteiger partial charge in [0.1, 0.15) is 0 Å². The van der Waals surface area contributed by atoms with Gasteiger partial charge >= 0.3 is 0 Å². The van der Waals surface area contributed by atoms with E-state index in [4.69, 9.17) is 11.6 Å². The third-order valence-electron chi connectivity index (χ3n) is 4.00. The molecule has 1 N–H and O–H groups in total. The summed E-state index contributed by atoms with van der Waals surface area (Å²) in [5.41, 5.74) is 0.844. The van der Waals surface area contributed by atoms with Crippen LogP contribution in [-0.4, -0.2) is 26.4 Å². The lowest BCUT2D eigenvalue weighted by atomic mass is 10.2. The molecule has 132 valence electrons. The smallest absolute Gasteiger partial charge is 0.270 e. The summed E-state index contributed by atoms with van der Waals surface area (Å²) in [5, 5.41) is 11.1. The maximum Gasteiger partial charge on any atom is 0.270 e. The van der Waals surface area contributed by atoms with Gasteiger partial charge in [-0.2, -0.15) is 0 Å². The van der Waals surface area contributed by atoms with E-state index < -0.39 is 14.9 Å². The minimum Gasteiger partial charge on any atom is -0.371 e. The Morgan fingerprint density at radius 2 is 1.84 bits per heavy atom. The summed E-state index contributed by atoms with van der Waals surface area (Å²) in [6, 6.07) is 10.0. The molecule has 0 saturated carbocycles. The fourth-order valence-electron chi connectivity index (χ4n) is 2.73. The van der Waals surface area contributed by atoms with Crippen LogP contribution in [0.2, 0.25) is 5.02 Å². The summed E-state index contributed by atoms with van der Waals surface area (Å²) < 4.78 is 27.5. The molecule has 0 radical (unpaired) electrons. The monoisotopic (exact) mass is 381 g/mol. The van der Waals surface area contributed by atoms with Gasteiger partial charge in [-0.3, -0.25) is 14.8 Å². The molecule has 0 aromatic heterocycles. The second-order valence-corrected chi connectivity index (χ2v) is 7.81. The minimum atomic E-state index is -3.99. The van der Waals surface area contributed by atoms with E-state index in [0.29, 0.717) is 0 Å². The summed E-state index contributed by atoms with van der Waals surface area (Å²) in [6.07, 6.45) is 2.19. The molecule has 1 fully saturated rings. The highest BCUT2D eigenvalue weighted by Crippen LogP contribution is 2.31. The Hall–Kier alpha value is -2.32. The Labute approximate surface area is 150 Å². The van der Waals surface area contributed by atoms with Crippen molar-refractivity contribution in [2.24, 2.45) is 0 Å². The van der Waals surface area contributed by atoms with Crippen LogP contribution in [0.4, 0.5) is 17.1 Å². The molecule has 7 nitrogen and oxygen atoms in total. The average molecular weight is 382 g/mol. The van der Waals surface area contributed by atoms with Gasteiger partial charge in [0.05, 0.1) is 20.5 Å². The van der Waals surface area contributed by atoms with Gasteiger partial charge in [0.25, 0.3) is 15.7 Å². The van der Waals surface area contributed by atoms with Crippen molar-refractivity contribution < 1.29 is 13.3 Å². The predicted molar refractivity (Wildman–Crippen MR) is 96.8 cm³/mol. The summed E-state index contributed by atoms with van der Waals surface area (Å²) in [7, 11) is -3.99. The SMILES string of the molecule is O=[N+]([O-])c1cccc(S(=O)(=O)Nc2cc(N3CCCC3)ccc2Cl)c1. The van der Waals surface area contributed by atoms with Gasteiger partial charge in [0.15, 0.2) is 0 Å². The highest BCUT2D eigenvalue weighted by Gasteiger charge is 2.20. The molecule has 9 heteroatoms. The standard InChI is InChI=1S/C16H16ClN3O4S/c17-15-7-6-12(19-8-1-2-9-19)11-16(15)18-25(23,24)14-5-3-4-13(10-14)20(21)22/h3-7,10-11,18H,1-2,8-9H2. The Bertz CT molecular complexity index is 911. The van der Waals surface area contributed by atoms with E-state index in [1.165, 1.54) is 18.2 Å². The molecule has 3 rings (SSSR count). The van der Waals surface area contributed by atoms with Crippen molar-refractivity contribution in [1.29, 1.82) is 0 Å². The average Bonchev–Trinajstić information content (AvgIpc) is 3.11. The molecule has 0 atom stereocenters. The molecule has 1 saturated heterocycles. The summed E-state index contributed by atoms with van der Waals surface area (Å²) in [6.45, 7) is 1.83. The van der Waals surface area contributed by atoms with Crippen LogP contribution in [0, 0.1) is 10.1 Å². The van der Waals surface area contributed by atoms with Crippen LogP contribution < -0.4 is 9.62 Å². The fourth-order valence-corrected chi connectivity index (χ4v) is 4.06. The zero-order valence-electron chi connectivity index (χ0n) is 13.2. The Morgan fingerprint density at radius 3 is 2.52 bits per heavy atom. The lowest BCUT2D eigenvalue weighted by Crippen LogP contribution is -2.18. The number of sulfonamides is 1. The van der Waals surface area contributed by atoms with Crippen LogP contribution in [0.15, 0.2) is 47.4 Å². The Balaban J connectivity index is 1.91. The molecule has 2 aromatic carbocycles. The van der Waals surface area contributed by atoms with E-state index in [1.54, 1.807) is 12.1 Å². The molecule has 0 spiro atoms. The van der Waals surface area contributed by atoms with Crippen LogP contribution in [-0.2, 0) is 10.0 Å². The van der Waals surface area contributed by atoms with Crippen LogP contribution in [0.25, 0.3) is 0 Å². The number of non-ortho nitro benzene ring substituents is 1. The molecule has 25 heavy (non-hydrogen) atoms. The third-order valence-corrected chi connectivity index (χ3v) is 5.70. The summed E-state index contributed by atoms with van der Waals surface area (Å²) in [5.74, 6) is 0. The van der Waals surface area contributed by atoms with Gasteiger partial charge < -0.3 is 4.90 Å². The second kappa shape index (κ2) is 6.89. The zero-order chi connectivity index (χ0) is 18.0. The zero-order valence-corrected chi connectivity index (χ0v) is 14.8. The number of hydrogen-bond acceptors (Lipinski definition) is 5. The van der Waals surface area contributed by atoms with Gasteiger partial charge in [0, 0.05) is 30.9 Å². The van der Waals surface area contributed by atoms with Crippen LogP contribution in [0.1, 0.15) is 12.8 Å². The highest BCUT2D eigenvalue weighted by atomic mass is 35.5. The maximum atomic E-state index is 12.6. The molecule has 0 amide bonds. The number of nitro benzene ring substituents is 1. The normalized spacial score (nSPS) is 14.5. The first kappa shape index (κ1) is 17.5. The van der Waals surface area contributed by atoms with Crippen molar-refractivity contribution in [3.8, 4) is 0 Å². The molecule has 1 aliphatic heterocycles. The summed E-state index contributed by atoms with van der Waals surface area (Å²) in [4.78, 5) is 12.2. The lowest BCUT2D eigenvalue weighted by Gasteiger charge is -2.19. The highest BCUT2D eigenvalue weighted by molar-refractivity contribution is 7.92. The molecule has 0 bridgehead atoms. The number of nitrogens with zero attached hydrogens (tertiary/aromatic N) is 2. The van der Waals surface area contributed by atoms with E-state index in [1.807, 2.05) is 6.07 Å². The first-order valence-electron chi connectivity index (χ1n) is 7.68. The van der Waals surface area contributed by atoms with E-state index >= 15 is 0 Å². The van der Waals surface area contributed by atoms with Crippen molar-refractivity contribution in [2.45, 2.75) is 17.7 Å². The topological polar surface area (TPSA) is 92.5 Å². The summed E-state index contributed by atoms with van der Waals surface area (Å²) >= 11 is 6.12. The van der Waals surface area contributed by atoms with Crippen molar-refractivity contribution >= 4 is 38.7 Å². The van der Waals surface area contributed by atoms with Gasteiger partial charge in [-0.25, -0.2) is 8.42 Å². The van der Waals surface area contributed by atoms with E-state index in [0.717, 1.165) is 37.7 Å². The Morgan fingerprint density at radius 1 is 1.12 bits per heavy atom. The van der Waals surface area contributed by atoms with E-state index in [2.05, 4.69) is 9.62 Å². The second-order valence-electron chi connectivity index (χ2n) is 5.72. The van der Waals surface area contributed by atoms with Crippen molar-refractivity contribution in [3.05, 3.63) is 57.6 Å². The fraction of sp³-hybridized carbons (Fsp3) is 0.250. The van der Waals surface area contributed by atoms with E-state index in [9.17, 15) is 18.5 Å². The number of rotatable bonds is 5. The first-order chi connectivity index (χ1) is 11.9. The maximum absolute atomic E-state index is 12.6. The quantitative estimate of drug-likeness (QED) is 0.630. The molecular weight excluding hydrogens is 366 g/mol. The Kier molecular flexibility index (Phi) is 4.82. The third kappa shape index (κ3) is 3.85. The number of halogens is 1. The van der Waals surface area contributed by atoms with Gasteiger partial charge in [-0.1, -0.05) is 17.7 Å². The van der Waals surface area contributed by atoms with Crippen molar-refractivity contribution in [2.75, 3.05) is 22.7 Å². The molecule has 0 aliphatic carbocycles. The molecular formula is C16H16ClN3O4S. The number of hydrogen-bond donors (Lipinski definition) is 1. The molecule has 0 unspecified atom stereocenters. The van der Waals surface area contributed by atoms with Gasteiger partial charge in [0.2, 0.25) is 0 Å². The van der Waals surface area contributed by atoms with Crippen LogP contribution in [0.3, 0.4) is 0 Å². The van der Waals surface area contributed by atoms with E-state index in [-0.39, 0.29) is 21.3 Å². The molecule has 1 aliphatic rings. The minimum absolute atomic E-state index is 0.190. The van der Waals surface area contributed by atoms with Crippen LogP contribution >= 0.6 is 11.6 Å². The largest absolute Gasteiger partial charge is 0.371 e. The van der Waals surface area contributed by atoms with Crippen molar-refractivity contribution in [1.82, 2.24) is 0 Å². The molecule has 2 aromatic rings. The van der Waals surface area contributed by atoms with Crippen LogP contribution in [0.5, 0.6) is 0 Å². The number of nitro groups is 1. The van der Waals surface area contributed by atoms with Gasteiger partial charge in [-0.05, 0) is 37.1 Å². The number of nitrogens with one attached hydrogen (secondary N) is 1. The van der Waals surface area contributed by atoms with Gasteiger partial charge in [-0.15, -0.1) is 0 Å². The van der Waals surface area contributed by atoms with Crippen molar-refractivity contribution in [3.63, 3.8) is 0 Å².